The van der Waals surface area contributed by atoms with Gasteiger partial charge in [-0.2, -0.15) is 0 Å². The Balaban J connectivity index is 1.60. The number of aliphatic carboxylic acids is 1. The van der Waals surface area contributed by atoms with Gasteiger partial charge in [0.25, 0.3) is 0 Å². The van der Waals surface area contributed by atoms with E-state index in [1.807, 2.05) is 48.5 Å². The molecule has 0 aliphatic heterocycles. The molecular weight excluding hydrogens is 424 g/mol. The number of ether oxygens (including phenoxy) is 1. The van der Waals surface area contributed by atoms with Crippen LogP contribution in [0.15, 0.2) is 61.2 Å². The summed E-state index contributed by atoms with van der Waals surface area (Å²) in [5.74, 6) is -1.87. The summed E-state index contributed by atoms with van der Waals surface area (Å²) < 4.78 is 5.47. The van der Waals surface area contributed by atoms with Gasteiger partial charge >= 0.3 is 12.1 Å². The number of carbonyl (C=O) groups is 3. The van der Waals surface area contributed by atoms with Crippen LogP contribution in [0.4, 0.5) is 4.79 Å². The van der Waals surface area contributed by atoms with Crippen LogP contribution >= 0.6 is 0 Å². The van der Waals surface area contributed by atoms with Gasteiger partial charge in [0.1, 0.15) is 12.6 Å². The highest BCUT2D eigenvalue weighted by molar-refractivity contribution is 5.86. The molecule has 174 valence electrons. The fraction of sp³-hybridized carbons (Fsp3) is 0.320. The van der Waals surface area contributed by atoms with Crippen molar-refractivity contribution in [2.24, 2.45) is 0 Å². The van der Waals surface area contributed by atoms with Crippen LogP contribution in [0.2, 0.25) is 0 Å². The van der Waals surface area contributed by atoms with Crippen molar-refractivity contribution in [1.29, 1.82) is 0 Å². The molecule has 33 heavy (non-hydrogen) atoms. The van der Waals surface area contributed by atoms with Crippen molar-refractivity contribution in [3.05, 3.63) is 72.3 Å². The van der Waals surface area contributed by atoms with Gasteiger partial charge in [-0.3, -0.25) is 9.59 Å². The minimum absolute atomic E-state index is 0.107. The SMILES string of the molecule is C=CCC(NC(=O)OCC1c2ccccc2-c2ccccc21)C(=O)NCC(C)(O)CC(=O)O. The predicted octanol–water partition coefficient (Wildman–Crippen LogP) is 2.81. The predicted molar refractivity (Wildman–Crippen MR) is 123 cm³/mol. The number of carboxylic acids is 1. The minimum Gasteiger partial charge on any atom is -0.481 e. The molecule has 0 aromatic heterocycles. The first-order valence-electron chi connectivity index (χ1n) is 10.7. The zero-order chi connectivity index (χ0) is 24.0. The van der Waals surface area contributed by atoms with Gasteiger partial charge in [0.15, 0.2) is 0 Å². The van der Waals surface area contributed by atoms with Gasteiger partial charge in [-0.15, -0.1) is 6.58 Å². The Morgan fingerprint density at radius 2 is 1.70 bits per heavy atom. The average Bonchev–Trinajstić information content (AvgIpc) is 3.09. The number of aliphatic hydroxyl groups is 1. The van der Waals surface area contributed by atoms with E-state index in [4.69, 9.17) is 9.84 Å². The van der Waals surface area contributed by atoms with Crippen molar-refractivity contribution in [2.45, 2.75) is 37.3 Å². The Labute approximate surface area is 192 Å². The lowest BCUT2D eigenvalue weighted by Gasteiger charge is -2.24. The number of hydrogen-bond acceptors (Lipinski definition) is 5. The number of amides is 2. The van der Waals surface area contributed by atoms with Gasteiger partial charge in [0, 0.05) is 12.5 Å². The molecule has 2 unspecified atom stereocenters. The van der Waals surface area contributed by atoms with Gasteiger partial charge in [-0.05, 0) is 35.6 Å². The van der Waals surface area contributed by atoms with Gasteiger partial charge in [0.05, 0.1) is 12.0 Å². The van der Waals surface area contributed by atoms with Gasteiger partial charge < -0.3 is 25.6 Å². The zero-order valence-electron chi connectivity index (χ0n) is 18.4. The first kappa shape index (κ1) is 24.0. The molecule has 2 amide bonds. The summed E-state index contributed by atoms with van der Waals surface area (Å²) in [6, 6.07) is 15.0. The molecule has 0 saturated heterocycles. The normalized spacial score (nSPS) is 14.8. The second kappa shape index (κ2) is 10.3. The standard InChI is InChI=1S/C25H28N2O6/c1-3-8-21(23(30)26-15-25(2,32)13-22(28)29)27-24(31)33-14-20-18-11-6-4-9-16(18)17-10-5-7-12-19(17)20/h3-7,9-12,20-21,32H,1,8,13-15H2,2H3,(H,26,30)(H,27,31)(H,28,29). The van der Waals surface area contributed by atoms with Crippen LogP contribution in [0.25, 0.3) is 11.1 Å². The van der Waals surface area contributed by atoms with Crippen LogP contribution in [-0.4, -0.2) is 53.0 Å². The number of carbonyl (C=O) groups excluding carboxylic acids is 2. The first-order chi connectivity index (χ1) is 15.7. The maximum Gasteiger partial charge on any atom is 0.407 e. The van der Waals surface area contributed by atoms with Crippen molar-refractivity contribution < 1.29 is 29.3 Å². The molecule has 8 nitrogen and oxygen atoms in total. The van der Waals surface area contributed by atoms with Crippen LogP contribution in [-0.2, 0) is 14.3 Å². The monoisotopic (exact) mass is 452 g/mol. The Kier molecular flexibility index (Phi) is 7.50. The molecule has 0 heterocycles. The maximum atomic E-state index is 12.5. The van der Waals surface area contributed by atoms with Crippen molar-refractivity contribution in [3.8, 4) is 11.1 Å². The molecule has 0 bridgehead atoms. The number of hydrogen-bond donors (Lipinski definition) is 4. The van der Waals surface area contributed by atoms with E-state index in [1.165, 1.54) is 13.0 Å². The summed E-state index contributed by atoms with van der Waals surface area (Å²) in [7, 11) is 0. The Bertz CT molecular complexity index is 1000. The van der Waals surface area contributed by atoms with Gasteiger partial charge in [-0.25, -0.2) is 4.79 Å². The zero-order valence-corrected chi connectivity index (χ0v) is 18.4. The fourth-order valence-electron chi connectivity index (χ4n) is 3.97. The number of carboxylic acid groups (broad SMARTS) is 1. The summed E-state index contributed by atoms with van der Waals surface area (Å²) >= 11 is 0. The maximum absolute atomic E-state index is 12.5. The van der Waals surface area contributed by atoms with Crippen molar-refractivity contribution in [3.63, 3.8) is 0 Å². The van der Waals surface area contributed by atoms with Crippen LogP contribution in [0.5, 0.6) is 0 Å². The van der Waals surface area contributed by atoms with E-state index < -0.39 is 36.0 Å². The summed E-state index contributed by atoms with van der Waals surface area (Å²) in [5, 5.41) is 23.9. The molecule has 4 N–H and O–H groups in total. The van der Waals surface area contributed by atoms with Crippen molar-refractivity contribution in [1.82, 2.24) is 10.6 Å². The molecule has 1 aliphatic carbocycles. The molecule has 0 saturated carbocycles. The van der Waals surface area contributed by atoms with E-state index in [0.29, 0.717) is 0 Å². The van der Waals surface area contributed by atoms with Crippen LogP contribution in [0.1, 0.15) is 36.8 Å². The quantitative estimate of drug-likeness (QED) is 0.411. The summed E-state index contributed by atoms with van der Waals surface area (Å²) in [6.07, 6.45) is 0.329. The van der Waals surface area contributed by atoms with E-state index >= 15 is 0 Å². The third-order valence-corrected chi connectivity index (χ3v) is 5.53. The molecular formula is C25H28N2O6. The second-order valence-electron chi connectivity index (χ2n) is 8.33. The summed E-state index contributed by atoms with van der Waals surface area (Å²) in [5.41, 5.74) is 2.75. The molecule has 8 heteroatoms. The van der Waals surface area contributed by atoms with E-state index in [1.54, 1.807) is 0 Å². The third kappa shape index (κ3) is 5.98. The van der Waals surface area contributed by atoms with Crippen LogP contribution < -0.4 is 10.6 Å². The number of rotatable bonds is 10. The van der Waals surface area contributed by atoms with E-state index in [9.17, 15) is 19.5 Å². The van der Waals surface area contributed by atoms with Crippen LogP contribution in [0, 0.1) is 0 Å². The smallest absolute Gasteiger partial charge is 0.407 e. The lowest BCUT2D eigenvalue weighted by molar-refractivity contribution is -0.142. The molecule has 2 atom stereocenters. The lowest BCUT2D eigenvalue weighted by Crippen LogP contribution is -2.50. The highest BCUT2D eigenvalue weighted by Gasteiger charge is 2.30. The molecule has 3 rings (SSSR count). The van der Waals surface area contributed by atoms with E-state index in [2.05, 4.69) is 17.2 Å². The minimum atomic E-state index is -1.62. The highest BCUT2D eigenvalue weighted by Crippen LogP contribution is 2.44. The molecule has 2 aromatic rings. The second-order valence-corrected chi connectivity index (χ2v) is 8.33. The van der Waals surface area contributed by atoms with E-state index in [0.717, 1.165) is 22.3 Å². The molecule has 0 fully saturated rings. The Hall–Kier alpha value is -3.65. The molecule has 1 aliphatic rings. The molecule has 0 radical (unpaired) electrons. The van der Waals surface area contributed by atoms with E-state index in [-0.39, 0.29) is 25.5 Å². The number of benzene rings is 2. The highest BCUT2D eigenvalue weighted by atomic mass is 16.5. The largest absolute Gasteiger partial charge is 0.481 e. The number of alkyl carbamates (subject to hydrolysis) is 1. The number of fused-ring (bicyclic) bond motifs is 3. The fourth-order valence-corrected chi connectivity index (χ4v) is 3.97. The third-order valence-electron chi connectivity index (χ3n) is 5.53. The summed E-state index contributed by atoms with van der Waals surface area (Å²) in [6.45, 7) is 4.73. The lowest BCUT2D eigenvalue weighted by atomic mass is 9.98. The molecule has 0 spiro atoms. The van der Waals surface area contributed by atoms with Gasteiger partial charge in [-0.1, -0.05) is 54.6 Å². The van der Waals surface area contributed by atoms with Crippen LogP contribution in [0.3, 0.4) is 0 Å². The first-order valence-corrected chi connectivity index (χ1v) is 10.7. The average molecular weight is 453 g/mol. The summed E-state index contributed by atoms with van der Waals surface area (Å²) in [4.78, 5) is 35.8. The van der Waals surface area contributed by atoms with Gasteiger partial charge in [0.2, 0.25) is 5.91 Å². The van der Waals surface area contributed by atoms with Crippen molar-refractivity contribution in [2.75, 3.05) is 13.2 Å². The molecule has 2 aromatic carbocycles. The number of nitrogens with one attached hydrogen (secondary N) is 2. The Morgan fingerprint density at radius 3 is 2.24 bits per heavy atom. The Morgan fingerprint density at radius 1 is 1.12 bits per heavy atom. The topological polar surface area (TPSA) is 125 Å². The van der Waals surface area contributed by atoms with Crippen molar-refractivity contribution >= 4 is 18.0 Å².